The smallest absolute Gasteiger partial charge is 0.226 e. The lowest BCUT2D eigenvalue weighted by atomic mass is 10.1. The van der Waals surface area contributed by atoms with E-state index >= 15 is 0 Å². The van der Waals surface area contributed by atoms with Crippen LogP contribution in [-0.4, -0.2) is 29.9 Å². The van der Waals surface area contributed by atoms with Crippen LogP contribution in [0.25, 0.3) is 21.3 Å². The molecule has 3 rings (SSSR count). The second-order valence-electron chi connectivity index (χ2n) is 5.87. The first-order valence-electron chi connectivity index (χ1n) is 8.51. The van der Waals surface area contributed by atoms with Crippen LogP contribution in [0, 0.1) is 11.3 Å². The molecule has 1 heterocycles. The molecule has 0 saturated heterocycles. The van der Waals surface area contributed by atoms with E-state index in [1.807, 2.05) is 36.4 Å². The molecule has 0 saturated carbocycles. The Hall–Kier alpha value is -3.24. The Bertz CT molecular complexity index is 992. The van der Waals surface area contributed by atoms with Gasteiger partial charge in [-0.15, -0.1) is 11.3 Å². The lowest BCUT2D eigenvalue weighted by Crippen LogP contribution is -2.31. The number of nitrogens with zero attached hydrogens (tertiary/aromatic N) is 2. The van der Waals surface area contributed by atoms with E-state index < -0.39 is 0 Å². The molecule has 0 spiro atoms. The van der Waals surface area contributed by atoms with Crippen LogP contribution in [0.1, 0.15) is 11.4 Å². The zero-order valence-electron chi connectivity index (χ0n) is 14.6. The number of aromatic nitrogens is 1. The molecule has 2 N–H and O–H groups in total. The average Bonchev–Trinajstić information content (AvgIpc) is 3.08. The number of fused-ring (bicyclic) bond motifs is 1. The van der Waals surface area contributed by atoms with Crippen molar-refractivity contribution in [3.05, 3.63) is 53.5 Å². The number of nitrogens with one attached hydrogen (secondary N) is 2. The van der Waals surface area contributed by atoms with E-state index in [0.717, 1.165) is 26.4 Å². The highest BCUT2D eigenvalue weighted by Crippen LogP contribution is 2.28. The van der Waals surface area contributed by atoms with E-state index in [1.54, 1.807) is 0 Å². The van der Waals surface area contributed by atoms with Gasteiger partial charge in [0.05, 0.1) is 22.7 Å². The van der Waals surface area contributed by atoms with Gasteiger partial charge in [0.15, 0.2) is 0 Å². The highest BCUT2D eigenvalue weighted by atomic mass is 32.1. The summed E-state index contributed by atoms with van der Waals surface area (Å²) in [6.07, 6.45) is 0.327. The zero-order valence-corrected chi connectivity index (χ0v) is 15.4. The minimum Gasteiger partial charge on any atom is -0.355 e. The van der Waals surface area contributed by atoms with Crippen molar-refractivity contribution in [1.82, 2.24) is 15.6 Å². The van der Waals surface area contributed by atoms with Gasteiger partial charge in [-0.2, -0.15) is 5.26 Å². The van der Waals surface area contributed by atoms with Crippen molar-refractivity contribution in [3.8, 4) is 17.2 Å². The molecule has 0 aliphatic carbocycles. The van der Waals surface area contributed by atoms with Gasteiger partial charge in [-0.25, -0.2) is 4.98 Å². The molecule has 2 aromatic carbocycles. The van der Waals surface area contributed by atoms with Gasteiger partial charge in [0, 0.05) is 13.0 Å². The predicted octanol–water partition coefficient (Wildman–Crippen LogP) is 2.65. The van der Waals surface area contributed by atoms with Crippen LogP contribution in [0.3, 0.4) is 0 Å². The van der Waals surface area contributed by atoms with Crippen LogP contribution in [0.5, 0.6) is 0 Å². The molecule has 0 aliphatic heterocycles. The van der Waals surface area contributed by atoms with E-state index in [1.165, 1.54) is 11.3 Å². The number of rotatable bonds is 7. The minimum absolute atomic E-state index is 0.0244. The monoisotopic (exact) mass is 378 g/mol. The number of carbonyl (C=O) groups is 2. The zero-order chi connectivity index (χ0) is 19.1. The second-order valence-corrected chi connectivity index (χ2v) is 6.98. The fourth-order valence-electron chi connectivity index (χ4n) is 2.60. The molecule has 0 unspecified atom stereocenters. The van der Waals surface area contributed by atoms with Crippen LogP contribution in [0.15, 0.2) is 48.5 Å². The molecule has 0 atom stereocenters. The molecule has 0 aliphatic rings. The Morgan fingerprint density at radius 3 is 2.63 bits per heavy atom. The van der Waals surface area contributed by atoms with Crippen molar-refractivity contribution in [3.63, 3.8) is 0 Å². The first kappa shape index (κ1) is 18.5. The Kier molecular flexibility index (Phi) is 6.13. The van der Waals surface area contributed by atoms with Gasteiger partial charge in [0.25, 0.3) is 0 Å². The van der Waals surface area contributed by atoms with Crippen LogP contribution in [0.2, 0.25) is 0 Å². The van der Waals surface area contributed by atoms with Crippen molar-refractivity contribution >= 4 is 33.4 Å². The third-order valence-corrected chi connectivity index (χ3v) is 4.91. The lowest BCUT2D eigenvalue weighted by Gasteiger charge is -2.03. The van der Waals surface area contributed by atoms with Gasteiger partial charge in [-0.1, -0.05) is 36.4 Å². The molecule has 6 nitrogen and oxygen atoms in total. The first-order valence-corrected chi connectivity index (χ1v) is 9.32. The Balaban J connectivity index is 1.58. The molecule has 2 amide bonds. The second kappa shape index (κ2) is 8.92. The lowest BCUT2D eigenvalue weighted by molar-refractivity contribution is -0.121. The van der Waals surface area contributed by atoms with E-state index in [0.29, 0.717) is 0 Å². The maximum Gasteiger partial charge on any atom is 0.226 e. The first-order chi connectivity index (χ1) is 13.2. The van der Waals surface area contributed by atoms with Gasteiger partial charge in [-0.3, -0.25) is 9.59 Å². The van der Waals surface area contributed by atoms with Crippen LogP contribution >= 0.6 is 11.3 Å². The van der Waals surface area contributed by atoms with E-state index in [-0.39, 0.29) is 37.7 Å². The topological polar surface area (TPSA) is 94.9 Å². The van der Waals surface area contributed by atoms with E-state index in [9.17, 15) is 9.59 Å². The Labute approximate surface area is 160 Å². The maximum absolute atomic E-state index is 12.0. The van der Waals surface area contributed by atoms with Gasteiger partial charge in [-0.05, 0) is 23.3 Å². The molecule has 3 aromatic rings. The summed E-state index contributed by atoms with van der Waals surface area (Å²) >= 11 is 1.50. The molecule has 0 bridgehead atoms. The van der Waals surface area contributed by atoms with Gasteiger partial charge in [0.1, 0.15) is 11.6 Å². The largest absolute Gasteiger partial charge is 0.355 e. The van der Waals surface area contributed by atoms with Crippen molar-refractivity contribution in [2.75, 3.05) is 13.1 Å². The summed E-state index contributed by atoms with van der Waals surface area (Å²) in [4.78, 5) is 27.9. The molecule has 136 valence electrons. The van der Waals surface area contributed by atoms with Crippen LogP contribution in [-0.2, 0) is 16.0 Å². The summed E-state index contributed by atoms with van der Waals surface area (Å²) in [5.41, 5.74) is 3.13. The normalized spacial score (nSPS) is 10.3. The average molecular weight is 378 g/mol. The van der Waals surface area contributed by atoms with Gasteiger partial charge in [0.2, 0.25) is 11.8 Å². The quantitative estimate of drug-likeness (QED) is 0.618. The van der Waals surface area contributed by atoms with Crippen LogP contribution in [0.4, 0.5) is 0 Å². The number of nitriles is 1. The summed E-state index contributed by atoms with van der Waals surface area (Å²) in [6, 6.07) is 18.0. The van der Waals surface area contributed by atoms with Crippen molar-refractivity contribution in [2.24, 2.45) is 0 Å². The summed E-state index contributed by atoms with van der Waals surface area (Å²) in [6.45, 7) is 0.211. The molecular formula is C20H18N4O2S. The summed E-state index contributed by atoms with van der Waals surface area (Å²) in [5.74, 6) is -0.435. The molecule has 7 heteroatoms. The van der Waals surface area contributed by atoms with Crippen molar-refractivity contribution in [2.45, 2.75) is 12.8 Å². The number of hydrogen-bond acceptors (Lipinski definition) is 5. The number of carbonyl (C=O) groups excluding carboxylic acids is 2. The predicted molar refractivity (Wildman–Crippen MR) is 105 cm³/mol. The fraction of sp³-hybridized carbons (Fsp3) is 0.200. The third-order valence-electron chi connectivity index (χ3n) is 3.89. The number of thiazole rings is 1. The number of amides is 2. The Morgan fingerprint density at radius 2 is 1.85 bits per heavy atom. The van der Waals surface area contributed by atoms with Crippen molar-refractivity contribution < 1.29 is 9.59 Å². The van der Waals surface area contributed by atoms with Gasteiger partial charge >= 0.3 is 0 Å². The van der Waals surface area contributed by atoms with Crippen LogP contribution < -0.4 is 10.6 Å². The minimum atomic E-state index is -0.259. The number of benzene rings is 2. The highest BCUT2D eigenvalue weighted by Gasteiger charge is 2.10. The molecule has 27 heavy (non-hydrogen) atoms. The van der Waals surface area contributed by atoms with E-state index in [2.05, 4.69) is 33.8 Å². The molecule has 1 aromatic heterocycles. The summed E-state index contributed by atoms with van der Waals surface area (Å²) < 4.78 is 1.04. The van der Waals surface area contributed by atoms with E-state index in [4.69, 9.17) is 5.26 Å². The molecule has 0 fully saturated rings. The molecule has 0 radical (unpaired) electrons. The maximum atomic E-state index is 12.0. The summed E-state index contributed by atoms with van der Waals surface area (Å²) in [5, 5.41) is 14.3. The molecular weight excluding hydrogens is 360 g/mol. The SMILES string of the molecule is N#CCNC(=O)CCNC(=O)Cc1nc2ccc(-c3ccccc3)cc2s1. The fourth-order valence-corrected chi connectivity index (χ4v) is 3.61. The highest BCUT2D eigenvalue weighted by molar-refractivity contribution is 7.18. The Morgan fingerprint density at radius 1 is 1.04 bits per heavy atom. The summed E-state index contributed by atoms with van der Waals surface area (Å²) in [7, 11) is 0. The van der Waals surface area contributed by atoms with Gasteiger partial charge < -0.3 is 10.6 Å². The van der Waals surface area contributed by atoms with Crippen molar-refractivity contribution in [1.29, 1.82) is 5.26 Å². The number of hydrogen-bond donors (Lipinski definition) is 2. The standard InChI is InChI=1S/C20H18N4O2S/c21-9-11-23-18(25)8-10-22-19(26)13-20-24-16-7-6-15(12-17(16)27-20)14-4-2-1-3-5-14/h1-7,12H,8,10-11,13H2,(H,22,26)(H,23,25). The third kappa shape index (κ3) is 5.12.